The number of nitrogens with zero attached hydrogens (tertiary/aromatic N) is 2. The van der Waals surface area contributed by atoms with Crippen molar-refractivity contribution in [2.45, 2.75) is 13.1 Å². The van der Waals surface area contributed by atoms with Gasteiger partial charge in [0.25, 0.3) is 0 Å². The SMILES string of the molecule is COC(=O)c1cnc(Cl)cc1NCc1ccccc1.COc1cc(NCc2ccccc2)c(C(=O)O)cn1. The van der Waals surface area contributed by atoms with Gasteiger partial charge in [0.15, 0.2) is 0 Å². The highest BCUT2D eigenvalue weighted by molar-refractivity contribution is 6.29. The topological polar surface area (TPSA) is 123 Å². The Morgan fingerprint density at radius 2 is 1.34 bits per heavy atom. The van der Waals surface area contributed by atoms with Gasteiger partial charge in [0.1, 0.15) is 16.3 Å². The van der Waals surface area contributed by atoms with Crippen LogP contribution in [0.2, 0.25) is 5.15 Å². The van der Waals surface area contributed by atoms with Crippen molar-refractivity contribution in [1.82, 2.24) is 9.97 Å². The molecule has 0 amide bonds. The standard InChI is InChI=1S/C14H13ClN2O2.C14H14N2O3/c1-19-14(18)11-9-17-13(15)7-12(11)16-8-10-5-3-2-4-6-10;1-19-13-7-12(11(9-16-13)14(17)18)15-8-10-5-3-2-4-6-10/h2-7,9H,8H2,1H3,(H,16,17);2-7,9H,8H2,1H3,(H,15,16)(H,17,18). The number of nitrogens with one attached hydrogen (secondary N) is 2. The van der Waals surface area contributed by atoms with Crippen LogP contribution in [-0.2, 0) is 17.8 Å². The van der Waals surface area contributed by atoms with E-state index in [1.807, 2.05) is 60.7 Å². The second-order valence-corrected chi connectivity index (χ2v) is 8.19. The molecule has 0 saturated heterocycles. The Morgan fingerprint density at radius 1 is 0.816 bits per heavy atom. The monoisotopic (exact) mass is 534 g/mol. The summed E-state index contributed by atoms with van der Waals surface area (Å²) in [6.07, 6.45) is 2.69. The summed E-state index contributed by atoms with van der Waals surface area (Å²) < 4.78 is 9.70. The molecule has 3 N–H and O–H groups in total. The molecule has 4 rings (SSSR count). The summed E-state index contributed by atoms with van der Waals surface area (Å²) in [5.41, 5.74) is 3.75. The van der Waals surface area contributed by atoms with E-state index in [1.54, 1.807) is 12.1 Å². The lowest BCUT2D eigenvalue weighted by Crippen LogP contribution is -2.09. The summed E-state index contributed by atoms with van der Waals surface area (Å²) in [7, 11) is 2.82. The van der Waals surface area contributed by atoms with Gasteiger partial charge in [0, 0.05) is 31.5 Å². The van der Waals surface area contributed by atoms with Crippen molar-refractivity contribution in [3.05, 3.63) is 113 Å². The molecule has 2 heterocycles. The Balaban J connectivity index is 0.000000211. The number of benzene rings is 2. The Kier molecular flexibility index (Phi) is 10.4. The third-order valence-electron chi connectivity index (χ3n) is 5.25. The first-order valence-corrected chi connectivity index (χ1v) is 11.9. The molecule has 0 radical (unpaired) electrons. The van der Waals surface area contributed by atoms with Crippen molar-refractivity contribution in [3.8, 4) is 5.88 Å². The number of carbonyl (C=O) groups is 2. The molecule has 0 aliphatic carbocycles. The third kappa shape index (κ3) is 8.21. The molecular weight excluding hydrogens is 508 g/mol. The highest BCUT2D eigenvalue weighted by Crippen LogP contribution is 2.21. The smallest absolute Gasteiger partial charge is 0.341 e. The highest BCUT2D eigenvalue weighted by Gasteiger charge is 2.13. The number of hydrogen-bond donors (Lipinski definition) is 3. The number of methoxy groups -OCH3 is 2. The van der Waals surface area contributed by atoms with Crippen molar-refractivity contribution in [2.24, 2.45) is 0 Å². The first-order chi connectivity index (χ1) is 18.4. The van der Waals surface area contributed by atoms with E-state index in [1.165, 1.54) is 26.6 Å². The predicted octanol–water partition coefficient (Wildman–Crippen LogP) is 5.53. The Hall–Kier alpha value is -4.63. The minimum Gasteiger partial charge on any atom is -0.481 e. The zero-order valence-electron chi connectivity index (χ0n) is 20.8. The van der Waals surface area contributed by atoms with Gasteiger partial charge in [-0.25, -0.2) is 19.6 Å². The van der Waals surface area contributed by atoms with E-state index in [0.717, 1.165) is 11.1 Å². The van der Waals surface area contributed by atoms with Gasteiger partial charge in [0.05, 0.1) is 25.6 Å². The van der Waals surface area contributed by atoms with Gasteiger partial charge < -0.3 is 25.2 Å². The number of ether oxygens (including phenoxy) is 2. The summed E-state index contributed by atoms with van der Waals surface area (Å²) in [4.78, 5) is 30.5. The molecule has 0 unspecified atom stereocenters. The molecule has 0 saturated carbocycles. The molecule has 0 aliphatic rings. The number of anilines is 2. The van der Waals surface area contributed by atoms with Crippen molar-refractivity contribution in [3.63, 3.8) is 0 Å². The van der Waals surface area contributed by atoms with E-state index in [9.17, 15) is 9.59 Å². The van der Waals surface area contributed by atoms with Crippen LogP contribution in [-0.4, -0.2) is 41.2 Å². The molecule has 38 heavy (non-hydrogen) atoms. The lowest BCUT2D eigenvalue weighted by molar-refractivity contribution is 0.0600. The van der Waals surface area contributed by atoms with Crippen LogP contribution in [0.3, 0.4) is 0 Å². The van der Waals surface area contributed by atoms with E-state index in [4.69, 9.17) is 26.2 Å². The highest BCUT2D eigenvalue weighted by atomic mass is 35.5. The molecule has 0 bridgehead atoms. The Bertz CT molecular complexity index is 1350. The summed E-state index contributed by atoms with van der Waals surface area (Å²) >= 11 is 5.84. The minimum atomic E-state index is -1.02. The van der Waals surface area contributed by atoms with Gasteiger partial charge in [-0.2, -0.15) is 0 Å². The van der Waals surface area contributed by atoms with Crippen LogP contribution in [0.25, 0.3) is 0 Å². The first kappa shape index (κ1) is 27.9. The largest absolute Gasteiger partial charge is 0.481 e. The fourth-order valence-electron chi connectivity index (χ4n) is 3.30. The van der Waals surface area contributed by atoms with Crippen molar-refractivity contribution in [2.75, 3.05) is 24.9 Å². The first-order valence-electron chi connectivity index (χ1n) is 11.5. The van der Waals surface area contributed by atoms with Crippen LogP contribution in [0.5, 0.6) is 5.88 Å². The van der Waals surface area contributed by atoms with E-state index < -0.39 is 11.9 Å². The van der Waals surface area contributed by atoms with E-state index in [0.29, 0.717) is 41.1 Å². The summed E-state index contributed by atoms with van der Waals surface area (Å²) in [5, 5.41) is 15.7. The van der Waals surface area contributed by atoms with Crippen LogP contribution >= 0.6 is 11.6 Å². The van der Waals surface area contributed by atoms with E-state index in [2.05, 4.69) is 20.6 Å². The fraction of sp³-hybridized carbons (Fsp3) is 0.143. The molecule has 0 aliphatic heterocycles. The third-order valence-corrected chi connectivity index (χ3v) is 5.45. The molecule has 4 aromatic rings. The summed E-state index contributed by atoms with van der Waals surface area (Å²) in [5.74, 6) is -1.09. The number of aromatic carboxylic acids is 1. The fourth-order valence-corrected chi connectivity index (χ4v) is 3.46. The van der Waals surface area contributed by atoms with Crippen molar-refractivity contribution >= 4 is 34.9 Å². The average Bonchev–Trinajstić information content (AvgIpc) is 2.95. The number of hydrogen-bond acceptors (Lipinski definition) is 8. The lowest BCUT2D eigenvalue weighted by atomic mass is 10.2. The Morgan fingerprint density at radius 3 is 1.84 bits per heavy atom. The number of aromatic nitrogens is 2. The molecule has 2 aromatic carbocycles. The maximum atomic E-state index is 11.6. The van der Waals surface area contributed by atoms with E-state index >= 15 is 0 Å². The molecular formula is C28H27ClN4O5. The number of esters is 1. The number of carbonyl (C=O) groups excluding carboxylic acids is 1. The molecule has 0 spiro atoms. The predicted molar refractivity (Wildman–Crippen MR) is 146 cm³/mol. The van der Waals surface area contributed by atoms with Crippen molar-refractivity contribution < 1.29 is 24.2 Å². The van der Waals surface area contributed by atoms with Gasteiger partial charge >= 0.3 is 11.9 Å². The second-order valence-electron chi connectivity index (χ2n) is 7.80. The van der Waals surface area contributed by atoms with Gasteiger partial charge in [-0.15, -0.1) is 0 Å². The summed E-state index contributed by atoms with van der Waals surface area (Å²) in [6.45, 7) is 1.12. The van der Waals surface area contributed by atoms with Gasteiger partial charge in [-0.1, -0.05) is 72.3 Å². The maximum absolute atomic E-state index is 11.6. The zero-order valence-corrected chi connectivity index (χ0v) is 21.6. The average molecular weight is 535 g/mol. The number of rotatable bonds is 9. The molecule has 0 atom stereocenters. The molecule has 0 fully saturated rings. The van der Waals surface area contributed by atoms with Crippen LogP contribution < -0.4 is 15.4 Å². The Labute approximate surface area is 225 Å². The van der Waals surface area contributed by atoms with Crippen LogP contribution in [0.15, 0.2) is 85.2 Å². The van der Waals surface area contributed by atoms with Gasteiger partial charge in [0.2, 0.25) is 5.88 Å². The van der Waals surface area contributed by atoms with Crippen LogP contribution in [0.4, 0.5) is 11.4 Å². The zero-order chi connectivity index (χ0) is 27.3. The van der Waals surface area contributed by atoms with Crippen LogP contribution in [0.1, 0.15) is 31.8 Å². The van der Waals surface area contributed by atoms with Gasteiger partial charge in [-0.3, -0.25) is 0 Å². The number of carboxylic acids is 1. The molecule has 2 aromatic heterocycles. The van der Waals surface area contributed by atoms with Crippen molar-refractivity contribution in [1.29, 1.82) is 0 Å². The number of carboxylic acid groups (broad SMARTS) is 1. The molecule has 10 heteroatoms. The van der Waals surface area contributed by atoms with E-state index in [-0.39, 0.29) is 5.56 Å². The summed E-state index contributed by atoms with van der Waals surface area (Å²) in [6, 6.07) is 22.8. The van der Waals surface area contributed by atoms with Gasteiger partial charge in [-0.05, 0) is 17.2 Å². The number of pyridine rings is 2. The number of halogens is 1. The quantitative estimate of drug-likeness (QED) is 0.188. The van der Waals surface area contributed by atoms with Crippen LogP contribution in [0, 0.1) is 0 Å². The normalized spacial score (nSPS) is 9.97. The maximum Gasteiger partial charge on any atom is 0.341 e. The molecule has 196 valence electrons. The molecule has 9 nitrogen and oxygen atoms in total. The lowest BCUT2D eigenvalue weighted by Gasteiger charge is -2.10. The second kappa shape index (κ2) is 14.2. The minimum absolute atomic E-state index is 0.122.